The van der Waals surface area contributed by atoms with Crippen LogP contribution in [0.1, 0.15) is 0 Å². The van der Waals surface area contributed by atoms with Crippen LogP contribution in [0.4, 0.5) is 0 Å². The minimum absolute atomic E-state index is 1.30. The Morgan fingerprint density at radius 3 is 0.717 bits per heavy atom. The molecule has 16 rings (SSSR count). The molecule has 0 aliphatic carbocycles. The van der Waals surface area contributed by atoms with E-state index in [1.54, 1.807) is 0 Å². The number of fused-ring (bicyclic) bond motifs is 18. The normalized spacial score (nSPS) is 13.0. The first-order valence-corrected chi connectivity index (χ1v) is 21.2. The SMILES string of the molecule is c1ccc2c(c1)c1cccc3c4cc5c6ccccc6c6ccc(-c7ccc8c9ccccc9c9cc%10c(cc%11c%12ccccc%12c%12cccc%10c%12%11)c7c89)c(c4cc2c13)c65. The summed E-state index contributed by atoms with van der Waals surface area (Å²) in [4.78, 5) is 0. The zero-order chi connectivity index (χ0) is 38.5. The summed E-state index contributed by atoms with van der Waals surface area (Å²) in [6.45, 7) is 0. The molecule has 0 aliphatic rings. The highest BCUT2D eigenvalue weighted by atomic mass is 14.3. The average molecular weight is 751 g/mol. The van der Waals surface area contributed by atoms with Crippen LogP contribution in [0.5, 0.6) is 0 Å². The summed E-state index contributed by atoms with van der Waals surface area (Å²) in [6, 6.07) is 69.9. The van der Waals surface area contributed by atoms with Crippen molar-refractivity contribution in [2.24, 2.45) is 0 Å². The van der Waals surface area contributed by atoms with Crippen LogP contribution in [-0.2, 0) is 0 Å². The Bertz CT molecular complexity index is 4270. The molecule has 270 valence electrons. The summed E-state index contributed by atoms with van der Waals surface area (Å²) >= 11 is 0. The van der Waals surface area contributed by atoms with Crippen LogP contribution >= 0.6 is 0 Å². The molecule has 0 unspecified atom stereocenters. The highest BCUT2D eigenvalue weighted by Gasteiger charge is 2.25. The second-order valence-electron chi connectivity index (χ2n) is 17.3. The van der Waals surface area contributed by atoms with E-state index >= 15 is 0 Å². The lowest BCUT2D eigenvalue weighted by Crippen LogP contribution is -1.89. The Labute approximate surface area is 342 Å². The number of rotatable bonds is 1. The van der Waals surface area contributed by atoms with E-state index in [1.807, 2.05) is 0 Å². The molecule has 16 aromatic rings. The Kier molecular flexibility index (Phi) is 5.18. The van der Waals surface area contributed by atoms with E-state index in [2.05, 4.69) is 182 Å². The molecule has 0 nitrogen and oxygen atoms in total. The molecule has 60 heavy (non-hydrogen) atoms. The van der Waals surface area contributed by atoms with Gasteiger partial charge >= 0.3 is 0 Å². The van der Waals surface area contributed by atoms with E-state index in [-0.39, 0.29) is 0 Å². The van der Waals surface area contributed by atoms with Crippen LogP contribution in [-0.4, -0.2) is 0 Å². The molecule has 0 atom stereocenters. The fraction of sp³-hybridized carbons (Fsp3) is 0. The van der Waals surface area contributed by atoms with E-state index in [0.29, 0.717) is 0 Å². The molecular formula is C60H30. The van der Waals surface area contributed by atoms with Crippen molar-refractivity contribution >= 4 is 151 Å². The predicted octanol–water partition coefficient (Wildman–Crippen LogP) is 17.2. The minimum Gasteiger partial charge on any atom is -0.0616 e. The number of hydrogen-bond acceptors (Lipinski definition) is 0. The standard InChI is InChI=1S/C60H30/c1-5-15-35-31(11-1)39-19-9-21-41-47-27-51-37-17-7-3-13-33(37)43-23-25-45(59(57(43)51)53(47)29-49(35)55(39)41)46-26-24-44-34-14-4-8-18-38(34)52-28-48-42-22-10-20-40-32-12-2-6-16-36(32)50(56(40)42)30-54(48)60(46)58(44)52/h1-30H. The molecule has 0 heterocycles. The van der Waals surface area contributed by atoms with Gasteiger partial charge in [0.15, 0.2) is 0 Å². The summed E-state index contributed by atoms with van der Waals surface area (Å²) in [6.07, 6.45) is 0. The highest BCUT2D eigenvalue weighted by Crippen LogP contribution is 2.54. The second kappa shape index (κ2) is 10.2. The summed E-state index contributed by atoms with van der Waals surface area (Å²) in [5, 5.41) is 37.5. The van der Waals surface area contributed by atoms with Gasteiger partial charge in [0.2, 0.25) is 0 Å². The molecule has 0 saturated carbocycles. The van der Waals surface area contributed by atoms with Crippen LogP contribution in [0.15, 0.2) is 182 Å². The van der Waals surface area contributed by atoms with Gasteiger partial charge in [-0.3, -0.25) is 0 Å². The maximum atomic E-state index is 2.54. The van der Waals surface area contributed by atoms with Gasteiger partial charge in [0.25, 0.3) is 0 Å². The van der Waals surface area contributed by atoms with E-state index in [0.717, 1.165) is 0 Å². The monoisotopic (exact) mass is 750 g/mol. The lowest BCUT2D eigenvalue weighted by Gasteiger charge is -2.17. The van der Waals surface area contributed by atoms with Gasteiger partial charge < -0.3 is 0 Å². The zero-order valence-electron chi connectivity index (χ0n) is 32.3. The predicted molar refractivity (Wildman–Crippen MR) is 262 cm³/mol. The van der Waals surface area contributed by atoms with Gasteiger partial charge in [0.1, 0.15) is 0 Å². The Balaban J connectivity index is 1.18. The summed E-state index contributed by atoms with van der Waals surface area (Å²) < 4.78 is 0. The molecule has 0 aromatic heterocycles. The van der Waals surface area contributed by atoms with Crippen molar-refractivity contribution in [2.45, 2.75) is 0 Å². The molecule has 0 saturated heterocycles. The molecule has 16 aromatic carbocycles. The Hall–Kier alpha value is -7.80. The lowest BCUT2D eigenvalue weighted by molar-refractivity contribution is 1.79. The van der Waals surface area contributed by atoms with Gasteiger partial charge in [0, 0.05) is 0 Å². The van der Waals surface area contributed by atoms with Gasteiger partial charge in [-0.25, -0.2) is 0 Å². The molecule has 0 radical (unpaired) electrons. The summed E-state index contributed by atoms with van der Waals surface area (Å²) in [7, 11) is 0. The van der Waals surface area contributed by atoms with Crippen molar-refractivity contribution in [3.05, 3.63) is 182 Å². The fourth-order valence-electron chi connectivity index (χ4n) is 12.5. The molecule has 0 fully saturated rings. The molecular weight excluding hydrogens is 721 g/mol. The van der Waals surface area contributed by atoms with E-state index in [1.165, 1.54) is 162 Å². The van der Waals surface area contributed by atoms with E-state index < -0.39 is 0 Å². The van der Waals surface area contributed by atoms with Gasteiger partial charge in [-0.2, -0.15) is 0 Å². The molecule has 0 spiro atoms. The highest BCUT2D eigenvalue weighted by molar-refractivity contribution is 6.45. The lowest BCUT2D eigenvalue weighted by atomic mass is 9.85. The molecule has 0 N–H and O–H groups in total. The minimum atomic E-state index is 1.30. The van der Waals surface area contributed by atoms with Crippen molar-refractivity contribution in [3.8, 4) is 11.1 Å². The maximum absolute atomic E-state index is 2.54. The fourth-order valence-corrected chi connectivity index (χ4v) is 12.5. The van der Waals surface area contributed by atoms with Crippen LogP contribution < -0.4 is 0 Å². The van der Waals surface area contributed by atoms with Crippen LogP contribution in [0.3, 0.4) is 0 Å². The second-order valence-corrected chi connectivity index (χ2v) is 17.3. The average Bonchev–Trinajstić information content (AvgIpc) is 4.02. The Morgan fingerprint density at radius 1 is 0.133 bits per heavy atom. The van der Waals surface area contributed by atoms with Gasteiger partial charge in [-0.15, -0.1) is 0 Å². The molecule has 0 amide bonds. The van der Waals surface area contributed by atoms with Crippen LogP contribution in [0.2, 0.25) is 0 Å². The third kappa shape index (κ3) is 3.36. The maximum Gasteiger partial charge on any atom is -0.00136 e. The topological polar surface area (TPSA) is 0 Å². The van der Waals surface area contributed by atoms with Gasteiger partial charge in [0.05, 0.1) is 0 Å². The molecule has 0 bridgehead atoms. The van der Waals surface area contributed by atoms with Crippen LogP contribution in [0, 0.1) is 0 Å². The van der Waals surface area contributed by atoms with Gasteiger partial charge in [-0.05, 0) is 186 Å². The third-order valence-electron chi connectivity index (χ3n) is 14.8. The smallest absolute Gasteiger partial charge is 0.00136 e. The zero-order valence-corrected chi connectivity index (χ0v) is 32.3. The van der Waals surface area contributed by atoms with Gasteiger partial charge in [-0.1, -0.05) is 158 Å². The third-order valence-corrected chi connectivity index (χ3v) is 14.8. The summed E-state index contributed by atoms with van der Waals surface area (Å²) in [5.41, 5.74) is 2.60. The van der Waals surface area contributed by atoms with Crippen LogP contribution in [0.25, 0.3) is 162 Å². The first kappa shape index (κ1) is 30.3. The van der Waals surface area contributed by atoms with Crippen molar-refractivity contribution in [3.63, 3.8) is 0 Å². The molecule has 0 heteroatoms. The van der Waals surface area contributed by atoms with E-state index in [9.17, 15) is 0 Å². The first-order valence-electron chi connectivity index (χ1n) is 21.2. The van der Waals surface area contributed by atoms with Crippen molar-refractivity contribution in [1.82, 2.24) is 0 Å². The number of hydrogen-bond donors (Lipinski definition) is 0. The summed E-state index contributed by atoms with van der Waals surface area (Å²) in [5.74, 6) is 0. The first-order chi connectivity index (χ1) is 29.8. The van der Waals surface area contributed by atoms with Crippen molar-refractivity contribution in [2.75, 3.05) is 0 Å². The van der Waals surface area contributed by atoms with Crippen molar-refractivity contribution < 1.29 is 0 Å². The Morgan fingerprint density at radius 2 is 0.367 bits per heavy atom. The largest absolute Gasteiger partial charge is 0.0616 e. The van der Waals surface area contributed by atoms with E-state index in [4.69, 9.17) is 0 Å². The van der Waals surface area contributed by atoms with Crippen molar-refractivity contribution in [1.29, 1.82) is 0 Å². The number of benzene rings is 12. The molecule has 0 aliphatic heterocycles. The quantitative estimate of drug-likeness (QED) is 0.147.